The quantitative estimate of drug-likeness (QED) is 0.714. The third kappa shape index (κ3) is 7.35. The van der Waals surface area contributed by atoms with Gasteiger partial charge in [0.1, 0.15) is 0 Å². The van der Waals surface area contributed by atoms with Crippen LogP contribution in [0.5, 0.6) is 0 Å². The normalized spacial score (nSPS) is 16.0. The Kier molecular flexibility index (Phi) is 13.2. The smallest absolute Gasteiger partial charge is 0.223 e. The molecule has 1 unspecified atom stereocenters. The molecule has 1 saturated heterocycles. The Morgan fingerprint density at radius 3 is 2.37 bits per heavy atom. The standard InChI is InChI=1S/C13H27N3O.2ClH/c1-4-7-16(5-2)8-6-15-13(17)11(3)12-9-14-10-12;;/h11-12,14H,4-10H2,1-3H3,(H,15,17);2*1H. The monoisotopic (exact) mass is 313 g/mol. The topological polar surface area (TPSA) is 44.4 Å². The lowest BCUT2D eigenvalue weighted by Crippen LogP contribution is -2.50. The van der Waals surface area contributed by atoms with Crippen LogP contribution in [0.1, 0.15) is 27.2 Å². The van der Waals surface area contributed by atoms with E-state index in [9.17, 15) is 4.79 Å². The molecule has 0 aromatic carbocycles. The number of halogens is 2. The van der Waals surface area contributed by atoms with Crippen LogP contribution in [0.4, 0.5) is 0 Å². The second kappa shape index (κ2) is 11.8. The molecule has 116 valence electrons. The van der Waals surface area contributed by atoms with Gasteiger partial charge in [-0.1, -0.05) is 20.8 Å². The second-order valence-electron chi connectivity index (χ2n) is 4.93. The van der Waals surface area contributed by atoms with Gasteiger partial charge in [0.15, 0.2) is 0 Å². The predicted octanol–water partition coefficient (Wildman–Crippen LogP) is 1.53. The van der Waals surface area contributed by atoms with E-state index < -0.39 is 0 Å². The van der Waals surface area contributed by atoms with Crippen molar-refractivity contribution < 1.29 is 4.79 Å². The fraction of sp³-hybridized carbons (Fsp3) is 0.923. The molecule has 1 rings (SSSR count). The molecule has 0 aliphatic carbocycles. The third-order valence-electron chi connectivity index (χ3n) is 3.65. The number of hydrogen-bond donors (Lipinski definition) is 2. The molecule has 1 aliphatic heterocycles. The van der Waals surface area contributed by atoms with E-state index in [-0.39, 0.29) is 36.6 Å². The molecule has 2 N–H and O–H groups in total. The molecule has 6 heteroatoms. The Morgan fingerprint density at radius 2 is 1.95 bits per heavy atom. The summed E-state index contributed by atoms with van der Waals surface area (Å²) in [5.74, 6) is 0.898. The highest BCUT2D eigenvalue weighted by Crippen LogP contribution is 2.15. The summed E-state index contributed by atoms with van der Waals surface area (Å²) in [4.78, 5) is 14.2. The van der Waals surface area contributed by atoms with Crippen LogP contribution in [0.25, 0.3) is 0 Å². The minimum atomic E-state index is 0. The van der Waals surface area contributed by atoms with Crippen LogP contribution in [0, 0.1) is 11.8 Å². The molecule has 1 heterocycles. The number of rotatable bonds is 8. The number of hydrogen-bond acceptors (Lipinski definition) is 3. The van der Waals surface area contributed by atoms with Gasteiger partial charge in [0, 0.05) is 19.0 Å². The number of carbonyl (C=O) groups excluding carboxylic acids is 1. The first-order chi connectivity index (χ1) is 8.19. The van der Waals surface area contributed by atoms with Crippen molar-refractivity contribution in [3.63, 3.8) is 0 Å². The predicted molar refractivity (Wildman–Crippen MR) is 85.4 cm³/mol. The lowest BCUT2D eigenvalue weighted by Gasteiger charge is -2.32. The maximum absolute atomic E-state index is 11.8. The summed E-state index contributed by atoms with van der Waals surface area (Å²) in [5.41, 5.74) is 0. The van der Waals surface area contributed by atoms with Crippen molar-refractivity contribution in [2.45, 2.75) is 27.2 Å². The van der Waals surface area contributed by atoms with Crippen molar-refractivity contribution in [2.24, 2.45) is 11.8 Å². The largest absolute Gasteiger partial charge is 0.355 e. The van der Waals surface area contributed by atoms with Crippen molar-refractivity contribution in [2.75, 3.05) is 39.3 Å². The average molecular weight is 314 g/mol. The lowest BCUT2D eigenvalue weighted by molar-refractivity contribution is -0.126. The third-order valence-corrected chi connectivity index (χ3v) is 3.65. The van der Waals surface area contributed by atoms with Gasteiger partial charge in [0.25, 0.3) is 0 Å². The zero-order valence-electron chi connectivity index (χ0n) is 12.3. The molecule has 0 aromatic rings. The Labute approximate surface area is 129 Å². The summed E-state index contributed by atoms with van der Waals surface area (Å²) in [6, 6.07) is 0. The van der Waals surface area contributed by atoms with Gasteiger partial charge in [-0.25, -0.2) is 0 Å². The molecule has 1 fully saturated rings. The van der Waals surface area contributed by atoms with Crippen LogP contribution < -0.4 is 10.6 Å². The highest BCUT2D eigenvalue weighted by Gasteiger charge is 2.28. The number of nitrogens with zero attached hydrogens (tertiary/aromatic N) is 1. The molecular formula is C13H29Cl2N3O. The van der Waals surface area contributed by atoms with Gasteiger partial charge in [0.05, 0.1) is 0 Å². The van der Waals surface area contributed by atoms with E-state index in [0.717, 1.165) is 39.3 Å². The average Bonchev–Trinajstić information content (AvgIpc) is 2.25. The van der Waals surface area contributed by atoms with Crippen molar-refractivity contribution in [1.82, 2.24) is 15.5 Å². The van der Waals surface area contributed by atoms with Crippen LogP contribution in [0.15, 0.2) is 0 Å². The maximum Gasteiger partial charge on any atom is 0.223 e. The minimum Gasteiger partial charge on any atom is -0.355 e. The Balaban J connectivity index is 0. The van der Waals surface area contributed by atoms with Crippen LogP contribution in [0.2, 0.25) is 0 Å². The fourth-order valence-electron chi connectivity index (χ4n) is 2.12. The van der Waals surface area contributed by atoms with Gasteiger partial charge in [-0.15, -0.1) is 24.8 Å². The van der Waals surface area contributed by atoms with Crippen LogP contribution in [-0.2, 0) is 4.79 Å². The van der Waals surface area contributed by atoms with Crippen molar-refractivity contribution in [3.8, 4) is 0 Å². The van der Waals surface area contributed by atoms with Gasteiger partial charge in [0.2, 0.25) is 5.91 Å². The molecule has 1 aliphatic rings. The zero-order chi connectivity index (χ0) is 12.7. The Hall–Kier alpha value is -0.0300. The Morgan fingerprint density at radius 1 is 1.32 bits per heavy atom. The first-order valence-electron chi connectivity index (χ1n) is 6.89. The van der Waals surface area contributed by atoms with Gasteiger partial charge in [-0.3, -0.25) is 4.79 Å². The molecular weight excluding hydrogens is 285 g/mol. The van der Waals surface area contributed by atoms with Crippen LogP contribution >= 0.6 is 24.8 Å². The number of nitrogens with one attached hydrogen (secondary N) is 2. The molecule has 0 radical (unpaired) electrons. The summed E-state index contributed by atoms with van der Waals surface area (Å²) < 4.78 is 0. The van der Waals surface area contributed by atoms with Crippen molar-refractivity contribution >= 4 is 30.7 Å². The maximum atomic E-state index is 11.8. The summed E-state index contributed by atoms with van der Waals surface area (Å²) in [6.07, 6.45) is 1.17. The van der Waals surface area contributed by atoms with Gasteiger partial charge in [-0.05, 0) is 38.5 Å². The van der Waals surface area contributed by atoms with E-state index >= 15 is 0 Å². The summed E-state index contributed by atoms with van der Waals surface area (Å²) >= 11 is 0. The molecule has 4 nitrogen and oxygen atoms in total. The van der Waals surface area contributed by atoms with E-state index in [1.165, 1.54) is 6.42 Å². The van der Waals surface area contributed by atoms with E-state index in [0.29, 0.717) is 5.92 Å². The van der Waals surface area contributed by atoms with Crippen molar-refractivity contribution in [1.29, 1.82) is 0 Å². The SMILES string of the molecule is CCCN(CC)CCNC(=O)C(C)C1CNC1.Cl.Cl. The summed E-state index contributed by atoms with van der Waals surface area (Å²) in [7, 11) is 0. The molecule has 0 aromatic heterocycles. The molecule has 19 heavy (non-hydrogen) atoms. The first kappa shape index (κ1) is 21.3. The zero-order valence-corrected chi connectivity index (χ0v) is 13.9. The number of carbonyl (C=O) groups is 1. The van der Waals surface area contributed by atoms with Gasteiger partial charge in [-0.2, -0.15) is 0 Å². The van der Waals surface area contributed by atoms with E-state index in [1.807, 2.05) is 6.92 Å². The fourth-order valence-corrected chi connectivity index (χ4v) is 2.12. The molecule has 0 spiro atoms. The Bertz CT molecular complexity index is 238. The highest BCUT2D eigenvalue weighted by molar-refractivity contribution is 5.85. The summed E-state index contributed by atoms with van der Waals surface area (Å²) in [6.45, 7) is 12.3. The van der Waals surface area contributed by atoms with Gasteiger partial charge >= 0.3 is 0 Å². The van der Waals surface area contributed by atoms with Crippen LogP contribution in [0.3, 0.4) is 0 Å². The second-order valence-corrected chi connectivity index (χ2v) is 4.93. The van der Waals surface area contributed by atoms with Crippen molar-refractivity contribution in [3.05, 3.63) is 0 Å². The minimum absolute atomic E-state index is 0. The molecule has 1 atom stereocenters. The van der Waals surface area contributed by atoms with Crippen LogP contribution in [-0.4, -0.2) is 50.1 Å². The molecule has 0 bridgehead atoms. The van der Waals surface area contributed by atoms with Gasteiger partial charge < -0.3 is 15.5 Å². The number of likely N-dealkylation sites (N-methyl/N-ethyl adjacent to an activating group) is 1. The van der Waals surface area contributed by atoms with E-state index in [4.69, 9.17) is 0 Å². The van der Waals surface area contributed by atoms with E-state index in [1.54, 1.807) is 0 Å². The molecule has 0 saturated carbocycles. The lowest BCUT2D eigenvalue weighted by atomic mass is 9.88. The first-order valence-corrected chi connectivity index (χ1v) is 6.89. The summed E-state index contributed by atoms with van der Waals surface area (Å²) in [5, 5.41) is 6.26. The molecule has 1 amide bonds. The highest BCUT2D eigenvalue weighted by atomic mass is 35.5. The van der Waals surface area contributed by atoms with E-state index in [2.05, 4.69) is 29.4 Å². The number of amides is 1.